The Labute approximate surface area is 89.3 Å². The second-order valence-electron chi connectivity index (χ2n) is 4.23. The molecule has 0 heterocycles. The second-order valence-corrected chi connectivity index (χ2v) is 4.23. The molecule has 3 nitrogen and oxygen atoms in total. The summed E-state index contributed by atoms with van der Waals surface area (Å²) in [5.74, 6) is 0.812. The normalized spacial score (nSPS) is 29.7. The van der Waals surface area contributed by atoms with Crippen LogP contribution < -0.4 is 4.74 Å². The van der Waals surface area contributed by atoms with E-state index in [1.54, 1.807) is 7.11 Å². The Balaban J connectivity index is 2.21. The Morgan fingerprint density at radius 1 is 1.33 bits per heavy atom. The van der Waals surface area contributed by atoms with E-state index < -0.39 is 0 Å². The molecule has 2 rings (SSSR count). The Hall–Kier alpha value is -1.06. The van der Waals surface area contributed by atoms with E-state index in [0.717, 1.165) is 11.3 Å². The summed E-state index contributed by atoms with van der Waals surface area (Å²) >= 11 is 0. The van der Waals surface area contributed by atoms with Crippen molar-refractivity contribution in [2.75, 3.05) is 13.7 Å². The van der Waals surface area contributed by atoms with Gasteiger partial charge < -0.3 is 14.9 Å². The zero-order valence-electron chi connectivity index (χ0n) is 8.81. The average molecular weight is 208 g/mol. The monoisotopic (exact) mass is 208 g/mol. The zero-order chi connectivity index (χ0) is 10.9. The van der Waals surface area contributed by atoms with Crippen molar-refractivity contribution in [1.82, 2.24) is 0 Å². The van der Waals surface area contributed by atoms with Gasteiger partial charge >= 0.3 is 0 Å². The maximum Gasteiger partial charge on any atom is 0.118 e. The van der Waals surface area contributed by atoms with Gasteiger partial charge in [-0.2, -0.15) is 0 Å². The lowest BCUT2D eigenvalue weighted by atomic mass is 9.63. The van der Waals surface area contributed by atoms with Crippen molar-refractivity contribution in [2.45, 2.75) is 24.4 Å². The van der Waals surface area contributed by atoms with Gasteiger partial charge in [-0.25, -0.2) is 0 Å². The average Bonchev–Trinajstić information content (AvgIpc) is 2.25. The molecular weight excluding hydrogens is 192 g/mol. The second kappa shape index (κ2) is 3.83. The summed E-state index contributed by atoms with van der Waals surface area (Å²) in [6, 6.07) is 7.69. The van der Waals surface area contributed by atoms with Gasteiger partial charge in [0.2, 0.25) is 0 Å². The molecule has 3 heteroatoms. The Kier molecular flexibility index (Phi) is 2.67. The van der Waals surface area contributed by atoms with Gasteiger partial charge in [0, 0.05) is 5.41 Å². The van der Waals surface area contributed by atoms with Crippen LogP contribution in [0.3, 0.4) is 0 Å². The number of ether oxygens (including phenoxy) is 1. The first-order chi connectivity index (χ1) is 7.20. The minimum atomic E-state index is -0.265. The Morgan fingerprint density at radius 3 is 2.33 bits per heavy atom. The van der Waals surface area contributed by atoms with E-state index in [1.165, 1.54) is 0 Å². The number of aliphatic hydroxyl groups is 2. The van der Waals surface area contributed by atoms with Gasteiger partial charge in [-0.1, -0.05) is 12.1 Å². The SMILES string of the molecule is COc1ccc(C2(CO)CC(O)C2)cc1. The van der Waals surface area contributed by atoms with Gasteiger partial charge in [-0.05, 0) is 30.5 Å². The number of hydrogen-bond donors (Lipinski definition) is 2. The van der Waals surface area contributed by atoms with Crippen LogP contribution >= 0.6 is 0 Å². The summed E-state index contributed by atoms with van der Waals surface area (Å²) in [6.07, 6.45) is 1.03. The van der Waals surface area contributed by atoms with Gasteiger partial charge in [0.05, 0.1) is 19.8 Å². The quantitative estimate of drug-likeness (QED) is 0.781. The Bertz CT molecular complexity index is 325. The highest BCUT2D eigenvalue weighted by molar-refractivity contribution is 5.34. The van der Waals surface area contributed by atoms with Gasteiger partial charge in [0.1, 0.15) is 5.75 Å². The highest BCUT2D eigenvalue weighted by Gasteiger charge is 2.44. The molecule has 0 radical (unpaired) electrons. The van der Waals surface area contributed by atoms with Crippen molar-refractivity contribution in [2.24, 2.45) is 0 Å². The summed E-state index contributed by atoms with van der Waals surface area (Å²) < 4.78 is 5.08. The molecule has 0 bridgehead atoms. The maximum absolute atomic E-state index is 9.39. The smallest absolute Gasteiger partial charge is 0.118 e. The summed E-state index contributed by atoms with van der Waals surface area (Å²) in [4.78, 5) is 0. The van der Waals surface area contributed by atoms with Crippen LogP contribution in [0.1, 0.15) is 18.4 Å². The van der Waals surface area contributed by atoms with Crippen LogP contribution in [0.4, 0.5) is 0 Å². The molecule has 1 fully saturated rings. The summed E-state index contributed by atoms with van der Waals surface area (Å²) in [7, 11) is 1.63. The van der Waals surface area contributed by atoms with Crippen LogP contribution in [0.15, 0.2) is 24.3 Å². The fraction of sp³-hybridized carbons (Fsp3) is 0.500. The van der Waals surface area contributed by atoms with Gasteiger partial charge in [-0.3, -0.25) is 0 Å². The Morgan fingerprint density at radius 2 is 1.93 bits per heavy atom. The lowest BCUT2D eigenvalue weighted by Gasteiger charge is -2.44. The van der Waals surface area contributed by atoms with E-state index in [4.69, 9.17) is 4.74 Å². The van der Waals surface area contributed by atoms with E-state index in [1.807, 2.05) is 24.3 Å². The topological polar surface area (TPSA) is 49.7 Å². The van der Waals surface area contributed by atoms with E-state index in [9.17, 15) is 10.2 Å². The molecule has 1 aromatic rings. The third kappa shape index (κ3) is 1.73. The minimum absolute atomic E-state index is 0.0936. The lowest BCUT2D eigenvalue weighted by molar-refractivity contribution is -0.0124. The number of benzene rings is 1. The molecule has 1 aliphatic carbocycles. The van der Waals surface area contributed by atoms with Crippen LogP contribution in [-0.4, -0.2) is 30.0 Å². The molecule has 0 unspecified atom stereocenters. The van der Waals surface area contributed by atoms with Crippen molar-refractivity contribution in [3.63, 3.8) is 0 Å². The van der Waals surface area contributed by atoms with Gasteiger partial charge in [-0.15, -0.1) is 0 Å². The van der Waals surface area contributed by atoms with E-state index in [2.05, 4.69) is 0 Å². The largest absolute Gasteiger partial charge is 0.497 e. The van der Waals surface area contributed by atoms with Crippen LogP contribution in [-0.2, 0) is 5.41 Å². The molecule has 15 heavy (non-hydrogen) atoms. The molecule has 0 spiro atoms. The van der Waals surface area contributed by atoms with E-state index in [0.29, 0.717) is 12.8 Å². The summed E-state index contributed by atoms with van der Waals surface area (Å²) in [5.41, 5.74) is 0.849. The highest BCUT2D eigenvalue weighted by atomic mass is 16.5. The van der Waals surface area contributed by atoms with E-state index in [-0.39, 0.29) is 18.1 Å². The fourth-order valence-electron chi connectivity index (χ4n) is 2.24. The van der Waals surface area contributed by atoms with Crippen molar-refractivity contribution in [3.05, 3.63) is 29.8 Å². The first-order valence-electron chi connectivity index (χ1n) is 5.14. The predicted octanol–water partition coefficient (Wildman–Crippen LogP) is 1.08. The van der Waals surface area contributed by atoms with Crippen LogP contribution in [0.5, 0.6) is 5.75 Å². The molecule has 1 saturated carbocycles. The number of rotatable bonds is 3. The molecule has 1 aliphatic rings. The highest BCUT2D eigenvalue weighted by Crippen LogP contribution is 2.43. The zero-order valence-corrected chi connectivity index (χ0v) is 8.81. The molecule has 0 amide bonds. The van der Waals surface area contributed by atoms with Gasteiger partial charge in [0.25, 0.3) is 0 Å². The standard InChI is InChI=1S/C12H16O3/c1-15-11-4-2-9(3-5-11)12(8-13)6-10(14)7-12/h2-5,10,13-14H,6-8H2,1H3. The van der Waals surface area contributed by atoms with E-state index >= 15 is 0 Å². The van der Waals surface area contributed by atoms with Crippen molar-refractivity contribution in [3.8, 4) is 5.75 Å². The van der Waals surface area contributed by atoms with Gasteiger partial charge in [0.15, 0.2) is 0 Å². The molecule has 0 aliphatic heterocycles. The van der Waals surface area contributed by atoms with Crippen LogP contribution in [0.2, 0.25) is 0 Å². The molecule has 0 aromatic heterocycles. The van der Waals surface area contributed by atoms with Crippen LogP contribution in [0.25, 0.3) is 0 Å². The maximum atomic E-state index is 9.39. The molecule has 0 saturated heterocycles. The predicted molar refractivity (Wildman–Crippen MR) is 57.0 cm³/mol. The number of methoxy groups -OCH3 is 1. The molecule has 1 aromatic carbocycles. The number of hydrogen-bond acceptors (Lipinski definition) is 3. The fourth-order valence-corrected chi connectivity index (χ4v) is 2.24. The van der Waals surface area contributed by atoms with Crippen molar-refractivity contribution < 1.29 is 14.9 Å². The third-order valence-corrected chi connectivity index (χ3v) is 3.26. The van der Waals surface area contributed by atoms with Crippen LogP contribution in [0, 0.1) is 0 Å². The van der Waals surface area contributed by atoms with Crippen molar-refractivity contribution in [1.29, 1.82) is 0 Å². The first kappa shape index (κ1) is 10.5. The minimum Gasteiger partial charge on any atom is -0.497 e. The number of aliphatic hydroxyl groups excluding tert-OH is 2. The molecular formula is C12H16O3. The lowest BCUT2D eigenvalue weighted by Crippen LogP contribution is -2.47. The molecule has 0 atom stereocenters. The third-order valence-electron chi connectivity index (χ3n) is 3.26. The summed E-state index contributed by atoms with van der Waals surface area (Å²) in [6.45, 7) is 0.0936. The summed E-state index contributed by atoms with van der Waals surface area (Å²) in [5, 5.41) is 18.7. The molecule has 82 valence electrons. The first-order valence-corrected chi connectivity index (χ1v) is 5.14. The van der Waals surface area contributed by atoms with Crippen molar-refractivity contribution >= 4 is 0 Å². The molecule has 2 N–H and O–H groups in total.